The van der Waals surface area contributed by atoms with Gasteiger partial charge in [-0.25, -0.2) is 8.78 Å². The fourth-order valence-electron chi connectivity index (χ4n) is 2.52. The molecule has 3 aromatic rings. The Labute approximate surface area is 167 Å². The largest absolute Gasteiger partial charge is 0.507 e. The van der Waals surface area contributed by atoms with E-state index in [0.29, 0.717) is 11.3 Å². The van der Waals surface area contributed by atoms with Gasteiger partial charge < -0.3 is 5.11 Å². The minimum absolute atomic E-state index is 0.0437. The number of aryl methyl sites for hydroxylation is 1. The Hall–Kier alpha value is -3.35. The van der Waals surface area contributed by atoms with Crippen LogP contribution in [0.3, 0.4) is 0 Å². The van der Waals surface area contributed by atoms with E-state index < -0.39 is 17.2 Å². The Balaban J connectivity index is 1.88. The van der Waals surface area contributed by atoms with Crippen molar-refractivity contribution in [3.8, 4) is 5.75 Å². The van der Waals surface area contributed by atoms with Crippen molar-refractivity contribution in [3.63, 3.8) is 0 Å². The number of nitrogens with zero attached hydrogens (tertiary/aromatic N) is 7. The van der Waals surface area contributed by atoms with Crippen molar-refractivity contribution in [2.45, 2.75) is 31.3 Å². The molecule has 13 heteroatoms. The Bertz CT molecular complexity index is 1080. The maximum Gasteiger partial charge on any atom is 0.312 e. The maximum absolute atomic E-state index is 13.3. The number of benzene rings is 1. The first kappa shape index (κ1) is 20.4. The number of thioether (sulfide) groups is 1. The SMILES string of the molecule is Cc1nn(CSc2nnc(C(F)F)n2N=Cc2ccccc2O)c(C)c1[N+](=O)[O-]. The molecule has 0 aliphatic rings. The number of nitro groups is 1. The highest BCUT2D eigenvalue weighted by Crippen LogP contribution is 2.27. The molecule has 0 radical (unpaired) electrons. The van der Waals surface area contributed by atoms with Crippen LogP contribution in [-0.4, -0.2) is 40.9 Å². The first-order valence-electron chi connectivity index (χ1n) is 8.16. The molecule has 0 saturated heterocycles. The van der Waals surface area contributed by atoms with Gasteiger partial charge in [-0.1, -0.05) is 23.9 Å². The van der Waals surface area contributed by atoms with Crippen molar-refractivity contribution < 1.29 is 18.8 Å². The zero-order valence-electron chi connectivity index (χ0n) is 15.2. The quantitative estimate of drug-likeness (QED) is 0.268. The average Bonchev–Trinajstić information content (AvgIpc) is 3.19. The summed E-state index contributed by atoms with van der Waals surface area (Å²) in [6.45, 7) is 3.06. The summed E-state index contributed by atoms with van der Waals surface area (Å²) in [4.78, 5) is 10.6. The first-order valence-corrected chi connectivity index (χ1v) is 9.15. The summed E-state index contributed by atoms with van der Waals surface area (Å²) < 4.78 is 28.8. The maximum atomic E-state index is 13.3. The summed E-state index contributed by atoms with van der Waals surface area (Å²) in [5.74, 6) is -0.654. The lowest BCUT2D eigenvalue weighted by Gasteiger charge is -2.05. The molecule has 0 amide bonds. The minimum atomic E-state index is -2.92. The van der Waals surface area contributed by atoms with Crippen LogP contribution < -0.4 is 0 Å². The van der Waals surface area contributed by atoms with Gasteiger partial charge in [0, 0.05) is 5.56 Å². The van der Waals surface area contributed by atoms with E-state index in [1.165, 1.54) is 23.9 Å². The van der Waals surface area contributed by atoms with E-state index in [0.717, 1.165) is 16.4 Å². The van der Waals surface area contributed by atoms with Crippen molar-refractivity contribution in [3.05, 3.63) is 57.2 Å². The monoisotopic (exact) mass is 423 g/mol. The molecule has 2 heterocycles. The summed E-state index contributed by atoms with van der Waals surface area (Å²) >= 11 is 0.983. The zero-order valence-corrected chi connectivity index (χ0v) is 16.0. The van der Waals surface area contributed by atoms with Crippen LogP contribution in [0.1, 0.15) is 29.2 Å². The third-order valence-corrected chi connectivity index (χ3v) is 4.81. The van der Waals surface area contributed by atoms with Gasteiger partial charge in [-0.2, -0.15) is 14.9 Å². The number of halogens is 2. The summed E-state index contributed by atoms with van der Waals surface area (Å²) in [6, 6.07) is 6.28. The average molecular weight is 423 g/mol. The van der Waals surface area contributed by atoms with E-state index in [-0.39, 0.29) is 28.2 Å². The van der Waals surface area contributed by atoms with Gasteiger partial charge in [0.2, 0.25) is 11.0 Å². The van der Waals surface area contributed by atoms with Crippen molar-refractivity contribution in [1.82, 2.24) is 24.7 Å². The molecule has 0 bridgehead atoms. The van der Waals surface area contributed by atoms with Crippen molar-refractivity contribution in [1.29, 1.82) is 0 Å². The number of phenols is 1. The lowest BCUT2D eigenvalue weighted by molar-refractivity contribution is -0.386. The van der Waals surface area contributed by atoms with Crippen LogP contribution in [0.5, 0.6) is 5.75 Å². The molecule has 3 rings (SSSR count). The third kappa shape index (κ3) is 4.23. The molecule has 152 valence electrons. The van der Waals surface area contributed by atoms with Crippen LogP contribution in [0.4, 0.5) is 14.5 Å². The number of para-hydroxylation sites is 1. The van der Waals surface area contributed by atoms with E-state index in [1.807, 2.05) is 0 Å². The highest BCUT2D eigenvalue weighted by molar-refractivity contribution is 7.98. The zero-order chi connectivity index (χ0) is 21.1. The second-order valence-electron chi connectivity index (χ2n) is 5.81. The van der Waals surface area contributed by atoms with Crippen LogP contribution in [-0.2, 0) is 5.88 Å². The highest BCUT2D eigenvalue weighted by Gasteiger charge is 2.24. The van der Waals surface area contributed by atoms with Crippen LogP contribution in [0.25, 0.3) is 0 Å². The number of rotatable bonds is 7. The predicted octanol–water partition coefficient (Wildman–Crippen LogP) is 3.27. The van der Waals surface area contributed by atoms with E-state index in [4.69, 9.17) is 0 Å². The van der Waals surface area contributed by atoms with Crippen LogP contribution >= 0.6 is 11.8 Å². The number of aromatic nitrogens is 5. The van der Waals surface area contributed by atoms with E-state index in [9.17, 15) is 24.0 Å². The molecule has 0 unspecified atom stereocenters. The normalized spacial score (nSPS) is 11.6. The molecule has 0 saturated carbocycles. The van der Waals surface area contributed by atoms with Crippen LogP contribution in [0.2, 0.25) is 0 Å². The summed E-state index contributed by atoms with van der Waals surface area (Å²) in [5.41, 5.74) is 0.808. The summed E-state index contributed by atoms with van der Waals surface area (Å²) in [5, 5.41) is 36.2. The lowest BCUT2D eigenvalue weighted by atomic mass is 10.2. The molecule has 2 aromatic heterocycles. The van der Waals surface area contributed by atoms with Crippen molar-refractivity contribution in [2.24, 2.45) is 5.10 Å². The van der Waals surface area contributed by atoms with Gasteiger partial charge in [-0.05, 0) is 26.0 Å². The van der Waals surface area contributed by atoms with E-state index >= 15 is 0 Å². The molecule has 10 nitrogen and oxygen atoms in total. The molecule has 1 N–H and O–H groups in total. The molecular weight excluding hydrogens is 408 g/mol. The molecule has 0 spiro atoms. The Kier molecular flexibility index (Phi) is 5.87. The van der Waals surface area contributed by atoms with Gasteiger partial charge in [0.05, 0.1) is 17.0 Å². The first-order chi connectivity index (χ1) is 13.8. The number of aromatic hydroxyl groups is 1. The van der Waals surface area contributed by atoms with Gasteiger partial charge in [0.25, 0.3) is 6.43 Å². The molecule has 0 atom stereocenters. The third-order valence-electron chi connectivity index (χ3n) is 3.92. The van der Waals surface area contributed by atoms with Crippen LogP contribution in [0, 0.1) is 24.0 Å². The number of hydrogen-bond acceptors (Lipinski definition) is 8. The smallest absolute Gasteiger partial charge is 0.312 e. The van der Waals surface area contributed by atoms with Gasteiger partial charge >= 0.3 is 5.69 Å². The van der Waals surface area contributed by atoms with Gasteiger partial charge in [0.15, 0.2) is 0 Å². The topological polar surface area (TPSA) is 124 Å². The Morgan fingerprint density at radius 1 is 1.34 bits per heavy atom. The lowest BCUT2D eigenvalue weighted by Crippen LogP contribution is -2.04. The molecule has 0 fully saturated rings. The molecule has 1 aromatic carbocycles. The molecule has 0 aliphatic carbocycles. The second-order valence-corrected chi connectivity index (χ2v) is 6.72. The minimum Gasteiger partial charge on any atom is -0.507 e. The number of phenolic OH excluding ortho intramolecular Hbond substituents is 1. The Morgan fingerprint density at radius 2 is 2.07 bits per heavy atom. The standard InChI is InChI=1S/C16H15F2N7O3S/c1-9-13(25(27)28)10(2)23(22-9)8-29-16-21-20-15(14(17)18)24(16)19-7-11-5-3-4-6-12(11)26/h3-7,14,26H,8H2,1-2H3. The molecule has 29 heavy (non-hydrogen) atoms. The van der Waals surface area contributed by atoms with Gasteiger partial charge in [-0.15, -0.1) is 10.2 Å². The summed E-state index contributed by atoms with van der Waals surface area (Å²) in [6.07, 6.45) is -1.71. The number of hydrogen-bond donors (Lipinski definition) is 1. The van der Waals surface area contributed by atoms with Crippen molar-refractivity contribution in [2.75, 3.05) is 0 Å². The van der Waals surface area contributed by atoms with E-state index in [1.54, 1.807) is 25.1 Å². The Morgan fingerprint density at radius 3 is 2.69 bits per heavy atom. The highest BCUT2D eigenvalue weighted by atomic mass is 32.2. The van der Waals surface area contributed by atoms with Gasteiger partial charge in [0.1, 0.15) is 17.1 Å². The fourth-order valence-corrected chi connectivity index (χ4v) is 3.37. The second kappa shape index (κ2) is 8.34. The van der Waals surface area contributed by atoms with E-state index in [2.05, 4.69) is 20.4 Å². The van der Waals surface area contributed by atoms with Crippen LogP contribution in [0.15, 0.2) is 34.5 Å². The van der Waals surface area contributed by atoms with Gasteiger partial charge in [-0.3, -0.25) is 14.8 Å². The molecular formula is C16H15F2N7O3S. The summed E-state index contributed by atoms with van der Waals surface area (Å²) in [7, 11) is 0. The number of alkyl halides is 2. The predicted molar refractivity (Wildman–Crippen MR) is 100 cm³/mol. The van der Waals surface area contributed by atoms with Crippen molar-refractivity contribution >= 4 is 23.7 Å². The fraction of sp³-hybridized carbons (Fsp3) is 0.250. The molecule has 0 aliphatic heterocycles.